The Labute approximate surface area is 78.8 Å². The van der Waals surface area contributed by atoms with Gasteiger partial charge in [0.05, 0.1) is 0 Å². The first-order valence-electron chi connectivity index (χ1n) is 4.81. The molecule has 0 radical (unpaired) electrons. The fraction of sp³-hybridized carbons (Fsp3) is 0.500. The van der Waals surface area contributed by atoms with Crippen LogP contribution in [0.25, 0.3) is 0 Å². The molecule has 1 aliphatic rings. The summed E-state index contributed by atoms with van der Waals surface area (Å²) in [5.74, 6) is 0. The zero-order chi connectivity index (χ0) is 9.53. The van der Waals surface area contributed by atoms with Crippen LogP contribution >= 0.6 is 0 Å². The van der Waals surface area contributed by atoms with E-state index in [1.807, 2.05) is 30.3 Å². The summed E-state index contributed by atoms with van der Waals surface area (Å²) < 4.78 is 13.9. The van der Waals surface area contributed by atoms with E-state index in [2.05, 4.69) is 0 Å². The molecule has 1 aliphatic carbocycles. The van der Waals surface area contributed by atoms with E-state index in [-0.39, 0.29) is 5.41 Å². The highest BCUT2D eigenvalue weighted by molar-refractivity contribution is 5.35. The zero-order valence-corrected chi connectivity index (χ0v) is 8.18. The highest BCUT2D eigenvalue weighted by atomic mass is 19.1. The van der Waals surface area contributed by atoms with Gasteiger partial charge in [-0.25, -0.2) is 4.39 Å². The van der Waals surface area contributed by atoms with Crippen LogP contribution in [0.4, 0.5) is 4.39 Å². The second-order valence-electron chi connectivity index (χ2n) is 4.42. The second kappa shape index (κ2) is 2.57. The molecule has 1 fully saturated rings. The molecule has 1 heteroatoms. The van der Waals surface area contributed by atoms with E-state index in [1.165, 1.54) is 0 Å². The number of halogens is 1. The fourth-order valence-corrected chi connectivity index (χ4v) is 2.11. The third-order valence-corrected chi connectivity index (χ3v) is 3.21. The zero-order valence-electron chi connectivity index (χ0n) is 8.18. The molecule has 2 rings (SSSR count). The quantitative estimate of drug-likeness (QED) is 0.650. The largest absolute Gasteiger partial charge is 0.244 e. The van der Waals surface area contributed by atoms with Crippen molar-refractivity contribution in [1.82, 2.24) is 0 Å². The van der Waals surface area contributed by atoms with Crippen molar-refractivity contribution in [2.75, 3.05) is 0 Å². The van der Waals surface area contributed by atoms with Gasteiger partial charge in [-0.1, -0.05) is 30.3 Å². The Morgan fingerprint density at radius 3 is 2.08 bits per heavy atom. The van der Waals surface area contributed by atoms with Crippen molar-refractivity contribution in [3.05, 3.63) is 35.9 Å². The Bertz CT molecular complexity index is 291. The van der Waals surface area contributed by atoms with E-state index < -0.39 is 5.67 Å². The lowest BCUT2D eigenvalue weighted by atomic mass is 9.83. The monoisotopic (exact) mass is 178 g/mol. The second-order valence-corrected chi connectivity index (χ2v) is 4.42. The predicted octanol–water partition coefficient (Wildman–Crippen LogP) is 3.47. The lowest BCUT2D eigenvalue weighted by molar-refractivity contribution is 0.156. The fourth-order valence-electron chi connectivity index (χ4n) is 2.11. The summed E-state index contributed by atoms with van der Waals surface area (Å²) in [4.78, 5) is 0. The molecule has 0 unspecified atom stereocenters. The van der Waals surface area contributed by atoms with Gasteiger partial charge in [0.2, 0.25) is 0 Å². The molecule has 1 aromatic carbocycles. The van der Waals surface area contributed by atoms with Crippen molar-refractivity contribution in [1.29, 1.82) is 0 Å². The van der Waals surface area contributed by atoms with Gasteiger partial charge in [0.15, 0.2) is 0 Å². The third-order valence-electron chi connectivity index (χ3n) is 3.21. The molecule has 0 aromatic heterocycles. The maximum Gasteiger partial charge on any atom is 0.115 e. The Morgan fingerprint density at radius 2 is 1.69 bits per heavy atom. The van der Waals surface area contributed by atoms with Crippen molar-refractivity contribution < 1.29 is 4.39 Å². The highest BCUT2D eigenvalue weighted by Gasteiger charge is 2.56. The first kappa shape index (κ1) is 8.74. The molecular formula is C12H15F. The van der Waals surface area contributed by atoms with Crippen molar-refractivity contribution in [3.8, 4) is 0 Å². The van der Waals surface area contributed by atoms with Crippen molar-refractivity contribution >= 4 is 0 Å². The number of rotatable bonds is 2. The Hall–Kier alpha value is -0.850. The molecule has 0 N–H and O–H groups in total. The smallest absolute Gasteiger partial charge is 0.115 e. The van der Waals surface area contributed by atoms with Crippen molar-refractivity contribution in [2.45, 2.75) is 37.8 Å². The standard InChI is InChI=1S/C12H15F/c1-11(2,13)12(8-9-12)10-6-4-3-5-7-10/h3-7H,8-9H2,1-2H3. The number of alkyl halides is 1. The molecule has 70 valence electrons. The van der Waals surface area contributed by atoms with E-state index >= 15 is 0 Å². The summed E-state index contributed by atoms with van der Waals surface area (Å²) in [7, 11) is 0. The van der Waals surface area contributed by atoms with Gasteiger partial charge in [-0.15, -0.1) is 0 Å². The third kappa shape index (κ3) is 1.27. The van der Waals surface area contributed by atoms with Gasteiger partial charge in [0, 0.05) is 5.41 Å². The van der Waals surface area contributed by atoms with Crippen LogP contribution in [0.2, 0.25) is 0 Å². The SMILES string of the molecule is CC(C)(F)C1(c2ccccc2)CC1. The molecule has 0 bridgehead atoms. The maximum atomic E-state index is 13.9. The van der Waals surface area contributed by atoms with E-state index in [9.17, 15) is 4.39 Å². The molecule has 0 atom stereocenters. The lowest BCUT2D eigenvalue weighted by Gasteiger charge is -2.27. The first-order valence-corrected chi connectivity index (χ1v) is 4.81. The number of benzene rings is 1. The molecule has 0 aliphatic heterocycles. The Balaban J connectivity index is 2.37. The van der Waals surface area contributed by atoms with E-state index in [1.54, 1.807) is 13.8 Å². The molecule has 0 nitrogen and oxygen atoms in total. The van der Waals surface area contributed by atoms with Crippen LogP contribution in [0.1, 0.15) is 32.3 Å². The highest BCUT2D eigenvalue weighted by Crippen LogP contribution is 2.57. The van der Waals surface area contributed by atoms with Crippen LogP contribution in [-0.4, -0.2) is 5.67 Å². The Morgan fingerprint density at radius 1 is 1.15 bits per heavy atom. The predicted molar refractivity (Wildman–Crippen MR) is 52.5 cm³/mol. The molecule has 0 spiro atoms. The number of hydrogen-bond donors (Lipinski definition) is 0. The molecular weight excluding hydrogens is 163 g/mol. The molecule has 0 saturated heterocycles. The number of hydrogen-bond acceptors (Lipinski definition) is 0. The van der Waals surface area contributed by atoms with Crippen LogP contribution in [0.5, 0.6) is 0 Å². The summed E-state index contributed by atoms with van der Waals surface area (Å²) in [6, 6.07) is 10.0. The average molecular weight is 178 g/mol. The van der Waals surface area contributed by atoms with Gasteiger partial charge in [-0.2, -0.15) is 0 Å². The van der Waals surface area contributed by atoms with Gasteiger partial charge < -0.3 is 0 Å². The first-order chi connectivity index (χ1) is 6.06. The molecule has 1 saturated carbocycles. The minimum absolute atomic E-state index is 0.186. The summed E-state index contributed by atoms with van der Waals surface area (Å²) in [6.45, 7) is 3.38. The molecule has 0 amide bonds. The topological polar surface area (TPSA) is 0 Å². The normalized spacial score (nSPS) is 19.9. The average Bonchev–Trinajstić information content (AvgIpc) is 2.84. The van der Waals surface area contributed by atoms with Gasteiger partial charge in [-0.05, 0) is 32.3 Å². The summed E-state index contributed by atoms with van der Waals surface area (Å²) >= 11 is 0. The summed E-state index contributed by atoms with van der Waals surface area (Å²) in [5.41, 5.74) is -0.120. The van der Waals surface area contributed by atoms with Crippen LogP contribution in [0, 0.1) is 0 Å². The minimum atomic E-state index is -1.09. The maximum absolute atomic E-state index is 13.9. The van der Waals surface area contributed by atoms with Gasteiger partial charge in [-0.3, -0.25) is 0 Å². The van der Waals surface area contributed by atoms with Crippen LogP contribution in [-0.2, 0) is 5.41 Å². The van der Waals surface area contributed by atoms with Gasteiger partial charge >= 0.3 is 0 Å². The van der Waals surface area contributed by atoms with E-state index in [4.69, 9.17) is 0 Å². The van der Waals surface area contributed by atoms with Gasteiger partial charge in [0.1, 0.15) is 5.67 Å². The van der Waals surface area contributed by atoms with Crippen molar-refractivity contribution in [3.63, 3.8) is 0 Å². The summed E-state index contributed by atoms with van der Waals surface area (Å²) in [5, 5.41) is 0. The van der Waals surface area contributed by atoms with Crippen molar-refractivity contribution in [2.24, 2.45) is 0 Å². The van der Waals surface area contributed by atoms with E-state index in [0.717, 1.165) is 18.4 Å². The van der Waals surface area contributed by atoms with Crippen LogP contribution in [0.3, 0.4) is 0 Å². The summed E-state index contributed by atoms with van der Waals surface area (Å²) in [6.07, 6.45) is 1.97. The molecule has 0 heterocycles. The Kier molecular flexibility index (Phi) is 1.73. The minimum Gasteiger partial charge on any atom is -0.244 e. The van der Waals surface area contributed by atoms with Gasteiger partial charge in [0.25, 0.3) is 0 Å². The lowest BCUT2D eigenvalue weighted by Crippen LogP contribution is -2.31. The van der Waals surface area contributed by atoms with E-state index in [0.29, 0.717) is 0 Å². The van der Waals surface area contributed by atoms with Crippen LogP contribution < -0.4 is 0 Å². The van der Waals surface area contributed by atoms with Crippen LogP contribution in [0.15, 0.2) is 30.3 Å². The molecule has 1 aromatic rings. The molecule has 13 heavy (non-hydrogen) atoms.